The SMILES string of the molecule is CCc1ccsc1CN1CCN2CCCCC2C1. The van der Waals surface area contributed by atoms with Gasteiger partial charge in [0, 0.05) is 37.1 Å². The van der Waals surface area contributed by atoms with Gasteiger partial charge in [-0.1, -0.05) is 13.3 Å². The van der Waals surface area contributed by atoms with Crippen LogP contribution in [0.1, 0.15) is 36.6 Å². The number of nitrogens with zero attached hydrogens (tertiary/aromatic N) is 2. The summed E-state index contributed by atoms with van der Waals surface area (Å²) >= 11 is 1.94. The van der Waals surface area contributed by atoms with Crippen molar-refractivity contribution in [1.29, 1.82) is 0 Å². The van der Waals surface area contributed by atoms with Crippen LogP contribution in [0.25, 0.3) is 0 Å². The van der Waals surface area contributed by atoms with E-state index >= 15 is 0 Å². The Kier molecular flexibility index (Phi) is 4.02. The second-order valence-corrected chi connectivity index (χ2v) is 6.64. The molecule has 2 nitrogen and oxygen atoms in total. The Labute approximate surface area is 115 Å². The summed E-state index contributed by atoms with van der Waals surface area (Å²) in [5.74, 6) is 0. The summed E-state index contributed by atoms with van der Waals surface area (Å²) in [5, 5.41) is 2.25. The van der Waals surface area contributed by atoms with Crippen molar-refractivity contribution in [3.05, 3.63) is 21.9 Å². The van der Waals surface area contributed by atoms with E-state index in [0.29, 0.717) is 0 Å². The lowest BCUT2D eigenvalue weighted by molar-refractivity contribution is 0.0460. The summed E-state index contributed by atoms with van der Waals surface area (Å²) in [6, 6.07) is 3.15. The summed E-state index contributed by atoms with van der Waals surface area (Å²) in [6.07, 6.45) is 5.46. The van der Waals surface area contributed by atoms with E-state index in [1.165, 1.54) is 58.4 Å². The van der Waals surface area contributed by atoms with E-state index in [-0.39, 0.29) is 0 Å². The highest BCUT2D eigenvalue weighted by Crippen LogP contribution is 2.24. The summed E-state index contributed by atoms with van der Waals surface area (Å²) in [7, 11) is 0. The van der Waals surface area contributed by atoms with Crippen LogP contribution in [-0.4, -0.2) is 42.0 Å². The van der Waals surface area contributed by atoms with Gasteiger partial charge < -0.3 is 0 Å². The van der Waals surface area contributed by atoms with Gasteiger partial charge in [-0.3, -0.25) is 9.80 Å². The Balaban J connectivity index is 1.61. The molecule has 0 bridgehead atoms. The van der Waals surface area contributed by atoms with Gasteiger partial charge in [0.15, 0.2) is 0 Å². The standard InChI is InChI=1S/C15H24N2S/c1-2-13-6-10-18-15(13)12-16-8-9-17-7-4-3-5-14(17)11-16/h6,10,14H,2-5,7-9,11-12H2,1H3. The van der Waals surface area contributed by atoms with E-state index < -0.39 is 0 Å². The lowest BCUT2D eigenvalue weighted by Gasteiger charge is -2.44. The van der Waals surface area contributed by atoms with Crippen LogP contribution >= 0.6 is 11.3 Å². The number of rotatable bonds is 3. The van der Waals surface area contributed by atoms with Crippen molar-refractivity contribution in [1.82, 2.24) is 9.80 Å². The summed E-state index contributed by atoms with van der Waals surface area (Å²) < 4.78 is 0. The van der Waals surface area contributed by atoms with Crippen LogP contribution in [0, 0.1) is 0 Å². The van der Waals surface area contributed by atoms with E-state index in [2.05, 4.69) is 28.2 Å². The summed E-state index contributed by atoms with van der Waals surface area (Å²) in [6.45, 7) is 8.64. The Morgan fingerprint density at radius 3 is 3.11 bits per heavy atom. The molecule has 0 N–H and O–H groups in total. The predicted octanol–water partition coefficient (Wildman–Crippen LogP) is 2.98. The number of hydrogen-bond donors (Lipinski definition) is 0. The van der Waals surface area contributed by atoms with Gasteiger partial charge in [0.1, 0.15) is 0 Å². The van der Waals surface area contributed by atoms with E-state index in [0.717, 1.165) is 6.04 Å². The minimum absolute atomic E-state index is 0.845. The molecule has 2 fully saturated rings. The molecule has 2 aliphatic heterocycles. The molecule has 2 saturated heterocycles. The molecule has 1 aromatic rings. The molecule has 3 heteroatoms. The average molecular weight is 264 g/mol. The van der Waals surface area contributed by atoms with Gasteiger partial charge in [-0.2, -0.15) is 0 Å². The van der Waals surface area contributed by atoms with E-state index in [1.807, 2.05) is 11.3 Å². The highest BCUT2D eigenvalue weighted by molar-refractivity contribution is 7.10. The maximum Gasteiger partial charge on any atom is 0.0331 e. The third-order valence-corrected chi connectivity index (χ3v) is 5.46. The average Bonchev–Trinajstić information content (AvgIpc) is 2.86. The third-order valence-electron chi connectivity index (χ3n) is 4.51. The smallest absolute Gasteiger partial charge is 0.0331 e. The van der Waals surface area contributed by atoms with Gasteiger partial charge in [-0.25, -0.2) is 0 Å². The van der Waals surface area contributed by atoms with Crippen molar-refractivity contribution in [2.75, 3.05) is 26.2 Å². The molecule has 18 heavy (non-hydrogen) atoms. The van der Waals surface area contributed by atoms with Gasteiger partial charge >= 0.3 is 0 Å². The van der Waals surface area contributed by atoms with Crippen molar-refractivity contribution in [3.8, 4) is 0 Å². The van der Waals surface area contributed by atoms with E-state index in [4.69, 9.17) is 0 Å². The zero-order valence-electron chi connectivity index (χ0n) is 11.4. The zero-order chi connectivity index (χ0) is 12.4. The molecule has 2 aliphatic rings. The van der Waals surface area contributed by atoms with Crippen molar-refractivity contribution < 1.29 is 0 Å². The number of hydrogen-bond acceptors (Lipinski definition) is 3. The second-order valence-electron chi connectivity index (χ2n) is 5.64. The van der Waals surface area contributed by atoms with Crippen molar-refractivity contribution in [2.45, 2.75) is 45.2 Å². The number of fused-ring (bicyclic) bond motifs is 1. The largest absolute Gasteiger partial charge is 0.298 e. The fourth-order valence-corrected chi connectivity index (χ4v) is 4.41. The van der Waals surface area contributed by atoms with Crippen LogP contribution in [0.15, 0.2) is 11.4 Å². The fraction of sp³-hybridized carbons (Fsp3) is 0.733. The summed E-state index contributed by atoms with van der Waals surface area (Å²) in [5.41, 5.74) is 1.56. The minimum Gasteiger partial charge on any atom is -0.298 e. The molecule has 0 saturated carbocycles. The van der Waals surface area contributed by atoms with E-state index in [9.17, 15) is 0 Å². The molecule has 0 amide bonds. The van der Waals surface area contributed by atoms with Gasteiger partial charge in [0.2, 0.25) is 0 Å². The molecular weight excluding hydrogens is 240 g/mol. The molecule has 0 radical (unpaired) electrons. The lowest BCUT2D eigenvalue weighted by atomic mass is 9.99. The molecule has 1 atom stereocenters. The second kappa shape index (κ2) is 5.72. The Bertz CT molecular complexity index is 388. The first-order valence-electron chi connectivity index (χ1n) is 7.38. The van der Waals surface area contributed by atoms with Crippen molar-refractivity contribution >= 4 is 11.3 Å². The van der Waals surface area contributed by atoms with Crippen LogP contribution < -0.4 is 0 Å². The lowest BCUT2D eigenvalue weighted by Crippen LogP contribution is -2.54. The number of piperazine rings is 1. The van der Waals surface area contributed by atoms with Gasteiger partial charge in [0.05, 0.1) is 0 Å². The molecule has 3 heterocycles. The molecule has 0 aromatic carbocycles. The normalized spacial score (nSPS) is 26.2. The Morgan fingerprint density at radius 2 is 2.22 bits per heavy atom. The molecular formula is C15H24N2S. The van der Waals surface area contributed by atoms with Crippen LogP contribution in [0.4, 0.5) is 0 Å². The predicted molar refractivity (Wildman–Crippen MR) is 78.2 cm³/mol. The van der Waals surface area contributed by atoms with Crippen molar-refractivity contribution in [2.24, 2.45) is 0 Å². The van der Waals surface area contributed by atoms with Crippen LogP contribution in [-0.2, 0) is 13.0 Å². The van der Waals surface area contributed by atoms with Gasteiger partial charge in [-0.15, -0.1) is 11.3 Å². The minimum atomic E-state index is 0.845. The third kappa shape index (κ3) is 2.63. The molecule has 100 valence electrons. The Hall–Kier alpha value is -0.380. The van der Waals surface area contributed by atoms with Crippen LogP contribution in [0.2, 0.25) is 0 Å². The maximum absolute atomic E-state index is 2.72. The van der Waals surface area contributed by atoms with Gasteiger partial charge in [-0.05, 0) is 42.8 Å². The molecule has 3 rings (SSSR count). The monoisotopic (exact) mass is 264 g/mol. The highest BCUT2D eigenvalue weighted by Gasteiger charge is 2.28. The first kappa shape index (κ1) is 12.6. The first-order chi connectivity index (χ1) is 8.86. The Morgan fingerprint density at radius 1 is 1.28 bits per heavy atom. The fourth-order valence-electron chi connectivity index (χ4n) is 3.39. The molecule has 0 spiro atoms. The van der Waals surface area contributed by atoms with E-state index in [1.54, 1.807) is 10.4 Å². The van der Waals surface area contributed by atoms with Gasteiger partial charge in [0.25, 0.3) is 0 Å². The number of aryl methyl sites for hydroxylation is 1. The zero-order valence-corrected chi connectivity index (χ0v) is 12.2. The quantitative estimate of drug-likeness (QED) is 0.828. The highest BCUT2D eigenvalue weighted by atomic mass is 32.1. The molecule has 1 aromatic heterocycles. The summed E-state index contributed by atoms with van der Waals surface area (Å²) in [4.78, 5) is 6.99. The maximum atomic E-state index is 2.72. The van der Waals surface area contributed by atoms with Crippen LogP contribution in [0.5, 0.6) is 0 Å². The number of piperidine rings is 1. The first-order valence-corrected chi connectivity index (χ1v) is 8.26. The molecule has 1 unspecified atom stereocenters. The van der Waals surface area contributed by atoms with Crippen LogP contribution in [0.3, 0.4) is 0 Å². The molecule has 0 aliphatic carbocycles. The topological polar surface area (TPSA) is 6.48 Å². The number of thiophene rings is 1. The van der Waals surface area contributed by atoms with Crippen molar-refractivity contribution in [3.63, 3.8) is 0 Å².